The van der Waals surface area contributed by atoms with Gasteiger partial charge in [0.05, 0.1) is 38.5 Å². The number of hydrogen-bond donors (Lipinski definition) is 1. The molecule has 4 heterocycles. The van der Waals surface area contributed by atoms with Crippen molar-refractivity contribution in [1.82, 2.24) is 10.1 Å². The van der Waals surface area contributed by atoms with Crippen molar-refractivity contribution >= 4 is 55.9 Å². The van der Waals surface area contributed by atoms with Crippen LogP contribution >= 0.6 is 34.5 Å². The topological polar surface area (TPSA) is 88.7 Å². The molecule has 2 bridgehead atoms. The minimum Gasteiger partial charge on any atom is -0.478 e. The predicted molar refractivity (Wildman–Crippen MR) is 148 cm³/mol. The molecule has 0 spiro atoms. The van der Waals surface area contributed by atoms with E-state index in [1.807, 2.05) is 18.2 Å². The Bertz CT molecular complexity index is 1530. The second kappa shape index (κ2) is 9.52. The van der Waals surface area contributed by atoms with Crippen molar-refractivity contribution in [3.05, 3.63) is 63.3 Å². The van der Waals surface area contributed by atoms with Crippen molar-refractivity contribution in [2.45, 2.75) is 56.8 Å². The third-order valence-corrected chi connectivity index (χ3v) is 9.74. The van der Waals surface area contributed by atoms with E-state index in [1.165, 1.54) is 0 Å². The molecule has 1 N–H and O–H groups in total. The standard InChI is InChI=1S/C28H25Cl2N3O4S/c29-19-2-1-3-20(30)24(19)25-18(26(37-32-25)14-4-5-14)13-36-22-11-17-8-6-16(22)12-33(17)28-31-21-9-7-15(27(34)35)10-23(21)38-28/h1-3,7,9-10,14,16-17,22H,4-6,8,11-13H2,(H,34,35)/t16-,17-,22+/m0/s1. The second-order valence-corrected chi connectivity index (χ2v) is 12.3. The summed E-state index contributed by atoms with van der Waals surface area (Å²) in [6, 6.07) is 10.9. The Morgan fingerprint density at radius 1 is 1.16 bits per heavy atom. The number of carboxylic acids is 1. The van der Waals surface area contributed by atoms with Gasteiger partial charge in [0.1, 0.15) is 11.5 Å². The molecule has 0 amide bonds. The third-order valence-electron chi connectivity index (χ3n) is 8.05. The Hall–Kier alpha value is -2.65. The average molecular weight is 570 g/mol. The van der Waals surface area contributed by atoms with E-state index in [0.717, 1.165) is 65.3 Å². The average Bonchev–Trinajstić information content (AvgIpc) is 3.53. The highest BCUT2D eigenvalue weighted by molar-refractivity contribution is 7.22. The van der Waals surface area contributed by atoms with Crippen molar-refractivity contribution in [2.75, 3.05) is 11.4 Å². The molecule has 2 aromatic carbocycles. The van der Waals surface area contributed by atoms with E-state index < -0.39 is 5.97 Å². The van der Waals surface area contributed by atoms with Gasteiger partial charge in [0, 0.05) is 35.5 Å². The normalized spacial score (nSPS) is 22.9. The lowest BCUT2D eigenvalue weighted by atomic mass is 9.78. The molecule has 4 fully saturated rings. The van der Waals surface area contributed by atoms with Gasteiger partial charge in [-0.15, -0.1) is 0 Å². The van der Waals surface area contributed by atoms with Crippen LogP contribution in [0.25, 0.3) is 21.5 Å². The van der Waals surface area contributed by atoms with E-state index >= 15 is 0 Å². The van der Waals surface area contributed by atoms with Crippen LogP contribution in [-0.4, -0.2) is 39.9 Å². The fourth-order valence-electron chi connectivity index (χ4n) is 5.91. The van der Waals surface area contributed by atoms with Crippen LogP contribution in [0.4, 0.5) is 5.13 Å². The number of carboxylic acid groups (broad SMARTS) is 1. The van der Waals surface area contributed by atoms with E-state index in [1.54, 1.807) is 29.5 Å². The summed E-state index contributed by atoms with van der Waals surface area (Å²) >= 11 is 14.6. The highest BCUT2D eigenvalue weighted by Gasteiger charge is 2.43. The molecule has 2 saturated carbocycles. The lowest BCUT2D eigenvalue weighted by Crippen LogP contribution is -2.55. The summed E-state index contributed by atoms with van der Waals surface area (Å²) in [5.74, 6) is 0.749. The number of aromatic nitrogens is 2. The van der Waals surface area contributed by atoms with Gasteiger partial charge < -0.3 is 19.3 Å². The minimum absolute atomic E-state index is 0.134. The van der Waals surface area contributed by atoms with E-state index in [-0.39, 0.29) is 11.7 Å². The van der Waals surface area contributed by atoms with Gasteiger partial charge in [-0.2, -0.15) is 0 Å². The number of ether oxygens (including phenoxy) is 1. The molecule has 2 aliphatic carbocycles. The Labute approximate surface area is 233 Å². The summed E-state index contributed by atoms with van der Waals surface area (Å²) in [7, 11) is 0. The number of piperidine rings is 2. The van der Waals surface area contributed by atoms with Crippen LogP contribution in [0.1, 0.15) is 59.7 Å². The largest absolute Gasteiger partial charge is 0.478 e. The second-order valence-electron chi connectivity index (χ2n) is 10.5. The Morgan fingerprint density at radius 2 is 1.97 bits per heavy atom. The Kier molecular flexibility index (Phi) is 6.11. The molecule has 0 radical (unpaired) electrons. The summed E-state index contributed by atoms with van der Waals surface area (Å²) in [5.41, 5.74) is 3.47. The van der Waals surface area contributed by atoms with Gasteiger partial charge in [0.2, 0.25) is 0 Å². The summed E-state index contributed by atoms with van der Waals surface area (Å²) < 4.78 is 13.3. The summed E-state index contributed by atoms with van der Waals surface area (Å²) in [5, 5.41) is 15.8. The number of nitrogens with zero attached hydrogens (tertiary/aromatic N) is 3. The molecule has 2 saturated heterocycles. The van der Waals surface area contributed by atoms with Crippen LogP contribution in [0.2, 0.25) is 10.0 Å². The summed E-state index contributed by atoms with van der Waals surface area (Å²) in [4.78, 5) is 18.6. The fraction of sp³-hybridized carbons (Fsp3) is 0.393. The smallest absolute Gasteiger partial charge is 0.335 e. The molecule has 196 valence electrons. The number of carbonyl (C=O) groups is 1. The SMILES string of the molecule is O=C(O)c1ccc2nc(N3C[C@@H]4CC[C@H]3C[C@H]4OCc3c(-c4c(Cl)cccc4Cl)noc3C3CC3)sc2c1. The minimum atomic E-state index is -0.920. The maximum absolute atomic E-state index is 11.4. The molecule has 3 atom stereocenters. The highest BCUT2D eigenvalue weighted by atomic mass is 35.5. The first-order chi connectivity index (χ1) is 18.5. The molecule has 0 unspecified atom stereocenters. The molecular weight excluding hydrogens is 545 g/mol. The molecule has 2 aromatic heterocycles. The monoisotopic (exact) mass is 569 g/mol. The van der Waals surface area contributed by atoms with Crippen LogP contribution in [0.5, 0.6) is 0 Å². The zero-order valence-electron chi connectivity index (χ0n) is 20.4. The maximum atomic E-state index is 11.4. The van der Waals surface area contributed by atoms with Gasteiger partial charge in [-0.05, 0) is 62.4 Å². The molecule has 8 rings (SSSR count). The van der Waals surface area contributed by atoms with Crippen molar-refractivity contribution < 1.29 is 19.2 Å². The number of hydrogen-bond acceptors (Lipinski definition) is 7. The molecule has 38 heavy (non-hydrogen) atoms. The van der Waals surface area contributed by atoms with Crippen LogP contribution < -0.4 is 4.90 Å². The van der Waals surface area contributed by atoms with Crippen molar-refractivity contribution in [3.8, 4) is 11.3 Å². The molecule has 4 aliphatic rings. The van der Waals surface area contributed by atoms with E-state index in [2.05, 4.69) is 10.1 Å². The lowest BCUT2D eigenvalue weighted by Gasteiger charge is -2.49. The summed E-state index contributed by atoms with van der Waals surface area (Å²) in [6.45, 7) is 1.29. The lowest BCUT2D eigenvalue weighted by molar-refractivity contribution is -0.0401. The number of halogens is 2. The number of benzene rings is 2. The van der Waals surface area contributed by atoms with Crippen molar-refractivity contribution in [3.63, 3.8) is 0 Å². The molecule has 4 aromatic rings. The number of thiazole rings is 1. The first-order valence-electron chi connectivity index (χ1n) is 12.9. The Morgan fingerprint density at radius 3 is 2.68 bits per heavy atom. The predicted octanol–water partition coefficient (Wildman–Crippen LogP) is 7.41. The van der Waals surface area contributed by atoms with Crippen LogP contribution in [0.15, 0.2) is 40.9 Å². The summed E-state index contributed by atoms with van der Waals surface area (Å²) in [6.07, 6.45) is 5.46. The Balaban J connectivity index is 1.10. The zero-order valence-corrected chi connectivity index (χ0v) is 22.7. The highest BCUT2D eigenvalue weighted by Crippen LogP contribution is 2.47. The van der Waals surface area contributed by atoms with Gasteiger partial charge in [0.15, 0.2) is 5.13 Å². The number of fused-ring (bicyclic) bond motifs is 4. The van der Waals surface area contributed by atoms with E-state index in [4.69, 9.17) is 37.4 Å². The molecule has 7 nitrogen and oxygen atoms in total. The van der Waals surface area contributed by atoms with Crippen LogP contribution in [0.3, 0.4) is 0 Å². The van der Waals surface area contributed by atoms with Gasteiger partial charge in [0.25, 0.3) is 0 Å². The molecule has 2 aliphatic heterocycles. The molecular formula is C28H25Cl2N3O4S. The van der Waals surface area contributed by atoms with Crippen molar-refractivity contribution in [1.29, 1.82) is 0 Å². The molecule has 10 heteroatoms. The fourth-order valence-corrected chi connectivity index (χ4v) is 7.57. The third kappa shape index (κ3) is 4.28. The number of anilines is 1. The van der Waals surface area contributed by atoms with Gasteiger partial charge in [-0.25, -0.2) is 9.78 Å². The number of rotatable bonds is 7. The first kappa shape index (κ1) is 24.4. The number of aromatic carboxylic acids is 1. The van der Waals surface area contributed by atoms with Crippen LogP contribution in [-0.2, 0) is 11.3 Å². The van der Waals surface area contributed by atoms with Gasteiger partial charge in [-0.1, -0.05) is 45.8 Å². The van der Waals surface area contributed by atoms with Crippen LogP contribution in [0, 0.1) is 5.92 Å². The van der Waals surface area contributed by atoms with Gasteiger partial charge >= 0.3 is 5.97 Å². The quantitative estimate of drug-likeness (QED) is 0.248. The zero-order chi connectivity index (χ0) is 26.0. The van der Waals surface area contributed by atoms with Crippen molar-refractivity contribution in [2.24, 2.45) is 5.92 Å². The maximum Gasteiger partial charge on any atom is 0.335 e. The first-order valence-corrected chi connectivity index (χ1v) is 14.5. The van der Waals surface area contributed by atoms with E-state index in [9.17, 15) is 9.90 Å². The van der Waals surface area contributed by atoms with E-state index in [0.29, 0.717) is 45.8 Å². The van der Waals surface area contributed by atoms with Gasteiger partial charge in [-0.3, -0.25) is 0 Å².